The minimum atomic E-state index is -4.06. The molecule has 31 heavy (non-hydrogen) atoms. The fraction of sp³-hybridized carbons (Fsp3) is 0.400. The first-order valence-electron chi connectivity index (χ1n) is 9.79. The van der Waals surface area contributed by atoms with E-state index in [2.05, 4.69) is 5.32 Å². The van der Waals surface area contributed by atoms with Gasteiger partial charge >= 0.3 is 0 Å². The number of benzene rings is 2. The number of halogens is 1. The predicted octanol–water partition coefficient (Wildman–Crippen LogP) is 1.26. The summed E-state index contributed by atoms with van der Waals surface area (Å²) in [7, 11) is -6.18. The highest BCUT2D eigenvalue weighted by molar-refractivity contribution is 7.90. The molecule has 8 nitrogen and oxygen atoms in total. The lowest BCUT2D eigenvalue weighted by Gasteiger charge is -2.28. The summed E-state index contributed by atoms with van der Waals surface area (Å²) < 4.78 is 73.0. The minimum Gasteiger partial charge on any atom is -0.497 e. The minimum absolute atomic E-state index is 0.0476. The van der Waals surface area contributed by atoms with Crippen LogP contribution in [0.1, 0.15) is 5.56 Å². The molecule has 0 unspecified atom stereocenters. The van der Waals surface area contributed by atoms with Gasteiger partial charge in [-0.25, -0.2) is 21.2 Å². The van der Waals surface area contributed by atoms with E-state index >= 15 is 0 Å². The molecule has 1 fully saturated rings. The molecular formula is C20H26FN3O5S2. The van der Waals surface area contributed by atoms with Crippen molar-refractivity contribution in [2.45, 2.75) is 11.4 Å². The Morgan fingerprint density at radius 3 is 2.39 bits per heavy atom. The molecule has 170 valence electrons. The quantitative estimate of drug-likeness (QED) is 0.592. The Morgan fingerprint density at radius 1 is 1.06 bits per heavy atom. The largest absolute Gasteiger partial charge is 0.497 e. The van der Waals surface area contributed by atoms with Crippen molar-refractivity contribution in [1.82, 2.24) is 13.9 Å². The van der Waals surface area contributed by atoms with Crippen molar-refractivity contribution in [2.75, 3.05) is 45.6 Å². The lowest BCUT2D eigenvalue weighted by molar-refractivity contribution is 0.355. The topological polar surface area (TPSA) is 96.0 Å². The summed E-state index contributed by atoms with van der Waals surface area (Å²) >= 11 is 0. The van der Waals surface area contributed by atoms with Crippen molar-refractivity contribution in [3.63, 3.8) is 0 Å². The third-order valence-corrected chi connectivity index (χ3v) is 8.72. The lowest BCUT2D eigenvalue weighted by Crippen LogP contribution is -2.48. The van der Waals surface area contributed by atoms with E-state index in [0.29, 0.717) is 37.5 Å². The van der Waals surface area contributed by atoms with E-state index in [1.54, 1.807) is 24.3 Å². The molecule has 1 saturated heterocycles. The second kappa shape index (κ2) is 10.0. The van der Waals surface area contributed by atoms with Crippen LogP contribution in [0.5, 0.6) is 5.75 Å². The van der Waals surface area contributed by atoms with Crippen LogP contribution in [-0.2, 0) is 26.6 Å². The fourth-order valence-electron chi connectivity index (χ4n) is 3.28. The van der Waals surface area contributed by atoms with Gasteiger partial charge in [-0.15, -0.1) is 0 Å². The van der Waals surface area contributed by atoms with E-state index in [9.17, 15) is 21.2 Å². The van der Waals surface area contributed by atoms with Crippen LogP contribution < -0.4 is 10.1 Å². The number of nitrogens with one attached hydrogen (secondary N) is 1. The summed E-state index contributed by atoms with van der Waals surface area (Å²) in [5.41, 5.74) is 0.643. The molecular weight excluding hydrogens is 445 g/mol. The number of piperazine rings is 1. The van der Waals surface area contributed by atoms with Crippen LogP contribution in [0.3, 0.4) is 0 Å². The van der Waals surface area contributed by atoms with Gasteiger partial charge in [-0.2, -0.15) is 8.61 Å². The lowest BCUT2D eigenvalue weighted by atomic mass is 10.2. The molecule has 0 amide bonds. The van der Waals surface area contributed by atoms with E-state index < -0.39 is 25.9 Å². The van der Waals surface area contributed by atoms with Gasteiger partial charge in [0.15, 0.2) is 0 Å². The van der Waals surface area contributed by atoms with E-state index in [4.69, 9.17) is 4.74 Å². The standard InChI is InChI=1S/C20H26FN3O5S2/c1-29-19-4-2-3-17(15-19)16-24(31(27,28)20-7-5-18(21)6-8-20)13-14-30(25,26)23-11-9-22-10-12-23/h2-8,15,22H,9-14,16H2,1H3. The molecule has 1 heterocycles. The predicted molar refractivity (Wildman–Crippen MR) is 115 cm³/mol. The van der Waals surface area contributed by atoms with Crippen LogP contribution in [0.15, 0.2) is 53.4 Å². The smallest absolute Gasteiger partial charge is 0.243 e. The molecule has 0 radical (unpaired) electrons. The number of methoxy groups -OCH3 is 1. The molecule has 3 rings (SSSR count). The highest BCUT2D eigenvalue weighted by atomic mass is 32.2. The summed E-state index contributed by atoms with van der Waals surface area (Å²) in [6.45, 7) is 1.53. The molecule has 1 aliphatic rings. The van der Waals surface area contributed by atoms with Crippen LogP contribution in [0.25, 0.3) is 0 Å². The molecule has 0 bridgehead atoms. The number of hydrogen-bond donors (Lipinski definition) is 1. The summed E-state index contributed by atoms with van der Waals surface area (Å²) in [6.07, 6.45) is 0. The first kappa shape index (κ1) is 23.6. The van der Waals surface area contributed by atoms with Crippen molar-refractivity contribution < 1.29 is 26.0 Å². The second-order valence-corrected chi connectivity index (χ2v) is 11.1. The maximum absolute atomic E-state index is 13.3. The normalized spacial score (nSPS) is 15.8. The molecule has 1 aliphatic heterocycles. The summed E-state index contributed by atoms with van der Waals surface area (Å²) in [5, 5.41) is 3.09. The van der Waals surface area contributed by atoms with Gasteiger partial charge in [0.05, 0.1) is 17.8 Å². The maximum atomic E-state index is 13.3. The third-order valence-electron chi connectivity index (χ3n) is 5.01. The molecule has 0 spiro atoms. The first-order valence-corrected chi connectivity index (χ1v) is 12.8. The number of ether oxygens (including phenoxy) is 1. The van der Waals surface area contributed by atoms with Crippen molar-refractivity contribution in [3.8, 4) is 5.75 Å². The average molecular weight is 472 g/mol. The average Bonchev–Trinajstić information content (AvgIpc) is 2.77. The van der Waals surface area contributed by atoms with Gasteiger partial charge in [0, 0.05) is 39.3 Å². The molecule has 0 saturated carbocycles. The van der Waals surface area contributed by atoms with Gasteiger partial charge in [-0.05, 0) is 42.0 Å². The zero-order chi connectivity index (χ0) is 22.5. The van der Waals surface area contributed by atoms with Crippen LogP contribution in [0.2, 0.25) is 0 Å². The summed E-state index contributed by atoms with van der Waals surface area (Å²) in [4.78, 5) is -0.101. The highest BCUT2D eigenvalue weighted by Gasteiger charge is 2.29. The molecule has 11 heteroatoms. The third kappa shape index (κ3) is 6.01. The van der Waals surface area contributed by atoms with Crippen LogP contribution >= 0.6 is 0 Å². The Kier molecular flexibility index (Phi) is 7.65. The SMILES string of the molecule is COc1cccc(CN(CCS(=O)(=O)N2CCNCC2)S(=O)(=O)c2ccc(F)cc2)c1. The zero-order valence-electron chi connectivity index (χ0n) is 17.2. The Labute approximate surface area is 182 Å². The van der Waals surface area contributed by atoms with Crippen molar-refractivity contribution in [3.05, 3.63) is 59.9 Å². The maximum Gasteiger partial charge on any atom is 0.243 e. The van der Waals surface area contributed by atoms with Crippen LogP contribution in [0.4, 0.5) is 4.39 Å². The van der Waals surface area contributed by atoms with Gasteiger partial charge in [0.2, 0.25) is 20.0 Å². The van der Waals surface area contributed by atoms with E-state index in [-0.39, 0.29) is 23.7 Å². The molecule has 0 aromatic heterocycles. The Bertz CT molecular complexity index is 1090. The molecule has 0 atom stereocenters. The summed E-state index contributed by atoms with van der Waals surface area (Å²) in [5.74, 6) is -0.346. The monoisotopic (exact) mass is 471 g/mol. The van der Waals surface area contributed by atoms with Gasteiger partial charge < -0.3 is 10.1 Å². The van der Waals surface area contributed by atoms with E-state index in [0.717, 1.165) is 16.4 Å². The number of sulfonamides is 2. The van der Waals surface area contributed by atoms with Crippen LogP contribution in [0, 0.1) is 5.82 Å². The van der Waals surface area contributed by atoms with Gasteiger partial charge in [-0.1, -0.05) is 12.1 Å². The van der Waals surface area contributed by atoms with Gasteiger partial charge in [0.25, 0.3) is 0 Å². The van der Waals surface area contributed by atoms with E-state index in [1.165, 1.54) is 23.5 Å². The van der Waals surface area contributed by atoms with Crippen LogP contribution in [-0.4, -0.2) is 71.0 Å². The summed E-state index contributed by atoms with van der Waals surface area (Å²) in [6, 6.07) is 11.4. The van der Waals surface area contributed by atoms with Gasteiger partial charge in [-0.3, -0.25) is 0 Å². The van der Waals surface area contributed by atoms with Crippen molar-refractivity contribution >= 4 is 20.0 Å². The number of nitrogens with zero attached hydrogens (tertiary/aromatic N) is 2. The highest BCUT2D eigenvalue weighted by Crippen LogP contribution is 2.21. The molecule has 0 aliphatic carbocycles. The van der Waals surface area contributed by atoms with Gasteiger partial charge in [0.1, 0.15) is 11.6 Å². The first-order chi connectivity index (χ1) is 14.7. The van der Waals surface area contributed by atoms with E-state index in [1.807, 2.05) is 0 Å². The Morgan fingerprint density at radius 2 is 1.74 bits per heavy atom. The Hall–Kier alpha value is -2.05. The zero-order valence-corrected chi connectivity index (χ0v) is 18.8. The fourth-order valence-corrected chi connectivity index (χ4v) is 6.28. The Balaban J connectivity index is 1.87. The number of rotatable bonds is 9. The van der Waals surface area contributed by atoms with Crippen molar-refractivity contribution in [2.24, 2.45) is 0 Å². The number of hydrogen-bond acceptors (Lipinski definition) is 6. The molecule has 2 aromatic rings. The molecule has 2 aromatic carbocycles. The van der Waals surface area contributed by atoms with Crippen molar-refractivity contribution in [1.29, 1.82) is 0 Å². The second-order valence-electron chi connectivity index (χ2n) is 7.11. The molecule has 1 N–H and O–H groups in total.